The van der Waals surface area contributed by atoms with E-state index in [4.69, 9.17) is 4.74 Å². The molecule has 1 fully saturated rings. The molecule has 0 unspecified atom stereocenters. The van der Waals surface area contributed by atoms with Gasteiger partial charge in [0, 0.05) is 18.2 Å². The van der Waals surface area contributed by atoms with Crippen LogP contribution in [0.3, 0.4) is 0 Å². The largest absolute Gasteiger partial charge is 0.445 e. The lowest BCUT2D eigenvalue weighted by molar-refractivity contribution is 0.0845. The monoisotopic (exact) mass is 428 g/mol. The Morgan fingerprint density at radius 3 is 2.66 bits per heavy atom. The molecular formula is C27H28N2O3. The number of nitrogens with one attached hydrogen (secondary N) is 1. The lowest BCUT2D eigenvalue weighted by Gasteiger charge is -2.39. The van der Waals surface area contributed by atoms with E-state index in [0.717, 1.165) is 34.4 Å². The molecule has 0 bridgehead atoms. The zero-order chi connectivity index (χ0) is 22.1. The lowest BCUT2D eigenvalue weighted by atomic mass is 9.82. The summed E-state index contributed by atoms with van der Waals surface area (Å²) in [6.07, 6.45) is 0.532. The maximum absolute atomic E-state index is 13.1. The number of rotatable bonds is 4. The van der Waals surface area contributed by atoms with Crippen molar-refractivity contribution in [3.63, 3.8) is 0 Å². The van der Waals surface area contributed by atoms with Crippen molar-refractivity contribution < 1.29 is 14.6 Å². The van der Waals surface area contributed by atoms with Gasteiger partial charge in [0.25, 0.3) is 0 Å². The molecule has 0 aliphatic carbocycles. The number of anilines is 1. The molecule has 2 heterocycles. The minimum atomic E-state index is -0.299. The predicted octanol–water partition coefficient (Wildman–Crippen LogP) is 5.15. The zero-order valence-corrected chi connectivity index (χ0v) is 18.2. The summed E-state index contributed by atoms with van der Waals surface area (Å²) < 4.78 is 5.68. The number of amides is 1. The number of carbonyl (C=O) groups excluding carboxylic acids is 1. The van der Waals surface area contributed by atoms with Crippen molar-refractivity contribution in [2.24, 2.45) is 5.92 Å². The first-order valence-corrected chi connectivity index (χ1v) is 11.2. The van der Waals surface area contributed by atoms with Crippen LogP contribution in [0.2, 0.25) is 0 Å². The summed E-state index contributed by atoms with van der Waals surface area (Å²) in [6.45, 7) is 3.00. The van der Waals surface area contributed by atoms with Gasteiger partial charge in [-0.3, -0.25) is 0 Å². The van der Waals surface area contributed by atoms with Crippen molar-refractivity contribution in [3.8, 4) is 11.1 Å². The Balaban J connectivity index is 1.45. The van der Waals surface area contributed by atoms with Gasteiger partial charge in [-0.1, -0.05) is 66.2 Å². The number of benzene rings is 3. The van der Waals surface area contributed by atoms with Gasteiger partial charge >= 0.3 is 6.09 Å². The second-order valence-electron chi connectivity index (χ2n) is 8.74. The number of carbonyl (C=O) groups is 1. The van der Waals surface area contributed by atoms with Crippen LogP contribution in [0.15, 0.2) is 72.8 Å². The fraction of sp³-hybridized carbons (Fsp3) is 0.296. The minimum Gasteiger partial charge on any atom is -0.445 e. The predicted molar refractivity (Wildman–Crippen MR) is 125 cm³/mol. The fourth-order valence-corrected chi connectivity index (χ4v) is 5.07. The summed E-state index contributed by atoms with van der Waals surface area (Å²) in [4.78, 5) is 14.9. The Hall–Kier alpha value is -3.31. The van der Waals surface area contributed by atoms with Gasteiger partial charge in [0.05, 0.1) is 18.7 Å². The fourth-order valence-electron chi connectivity index (χ4n) is 5.07. The molecule has 5 heteroatoms. The van der Waals surface area contributed by atoms with Crippen molar-refractivity contribution in [2.45, 2.75) is 32.0 Å². The number of likely N-dealkylation sites (tertiary alicyclic amines) is 1. The lowest BCUT2D eigenvalue weighted by Crippen LogP contribution is -2.43. The number of aliphatic hydroxyl groups is 1. The molecule has 32 heavy (non-hydrogen) atoms. The normalized spacial score (nSPS) is 21.4. The van der Waals surface area contributed by atoms with Gasteiger partial charge in [-0.05, 0) is 47.7 Å². The van der Waals surface area contributed by atoms with Crippen LogP contribution in [0.1, 0.15) is 29.2 Å². The Morgan fingerprint density at radius 2 is 1.88 bits per heavy atom. The standard InChI is InChI=1S/C27H28N2O3/c1-18-6-5-9-20(14-18)21-10-11-24-23(15-21)26-22(25(16-30)28-24)12-13-29(26)27(31)32-17-19-7-3-2-4-8-19/h2-11,14-15,22,25-26,28,30H,12-13,16-17H2,1H3/t22-,25-,26-/m1/s1. The third-order valence-corrected chi connectivity index (χ3v) is 6.66. The topological polar surface area (TPSA) is 61.8 Å². The van der Waals surface area contributed by atoms with Crippen LogP contribution >= 0.6 is 0 Å². The van der Waals surface area contributed by atoms with E-state index in [1.165, 1.54) is 5.56 Å². The summed E-state index contributed by atoms with van der Waals surface area (Å²) in [5.41, 5.74) is 6.53. The molecule has 1 amide bonds. The SMILES string of the molecule is Cc1cccc(-c2ccc3c(c2)[C@H]2[C@H](CCN2C(=O)OCc2ccccc2)[C@@H](CO)N3)c1. The molecule has 2 aliphatic heterocycles. The Morgan fingerprint density at radius 1 is 1.06 bits per heavy atom. The number of aryl methyl sites for hydroxylation is 1. The van der Waals surface area contributed by atoms with Gasteiger partial charge in [-0.25, -0.2) is 4.79 Å². The number of aliphatic hydroxyl groups excluding tert-OH is 1. The van der Waals surface area contributed by atoms with Crippen LogP contribution in [0.5, 0.6) is 0 Å². The van der Waals surface area contributed by atoms with Crippen LogP contribution < -0.4 is 5.32 Å². The molecule has 2 N–H and O–H groups in total. The van der Waals surface area contributed by atoms with Crippen molar-refractivity contribution in [3.05, 3.63) is 89.5 Å². The van der Waals surface area contributed by atoms with Crippen LogP contribution in [0.25, 0.3) is 11.1 Å². The van der Waals surface area contributed by atoms with Gasteiger partial charge in [0.15, 0.2) is 0 Å². The first kappa shape index (κ1) is 20.6. The summed E-state index contributed by atoms with van der Waals surface area (Å²) in [7, 11) is 0. The quantitative estimate of drug-likeness (QED) is 0.603. The Labute approximate surface area is 188 Å². The van der Waals surface area contributed by atoms with Crippen molar-refractivity contribution in [1.82, 2.24) is 4.90 Å². The Bertz CT molecular complexity index is 1110. The van der Waals surface area contributed by atoms with Crippen molar-refractivity contribution >= 4 is 11.8 Å². The van der Waals surface area contributed by atoms with E-state index in [-0.39, 0.29) is 37.3 Å². The number of hydrogen-bond acceptors (Lipinski definition) is 4. The third kappa shape index (κ3) is 3.84. The molecule has 5 nitrogen and oxygen atoms in total. The highest BCUT2D eigenvalue weighted by Gasteiger charge is 2.46. The zero-order valence-electron chi connectivity index (χ0n) is 18.2. The summed E-state index contributed by atoms with van der Waals surface area (Å²) in [5.74, 6) is 0.143. The molecule has 3 aromatic carbocycles. The summed E-state index contributed by atoms with van der Waals surface area (Å²) >= 11 is 0. The molecule has 3 aromatic rings. The molecule has 2 aliphatic rings. The molecule has 0 radical (unpaired) electrons. The maximum atomic E-state index is 13.1. The molecule has 0 saturated carbocycles. The summed E-state index contributed by atoms with van der Waals surface area (Å²) in [5, 5.41) is 13.5. The van der Waals surface area contributed by atoms with Crippen molar-refractivity contribution in [1.29, 1.82) is 0 Å². The number of ether oxygens (including phenoxy) is 1. The third-order valence-electron chi connectivity index (χ3n) is 6.66. The molecule has 164 valence electrons. The number of fused-ring (bicyclic) bond motifs is 3. The van der Waals surface area contributed by atoms with Gasteiger partial charge < -0.3 is 20.1 Å². The van der Waals surface area contributed by atoms with Crippen LogP contribution in [-0.2, 0) is 11.3 Å². The van der Waals surface area contributed by atoms with E-state index < -0.39 is 0 Å². The van der Waals surface area contributed by atoms with Crippen LogP contribution in [-0.4, -0.2) is 35.3 Å². The van der Waals surface area contributed by atoms with E-state index in [9.17, 15) is 9.90 Å². The Kier molecular flexibility index (Phi) is 5.58. The van der Waals surface area contributed by atoms with Crippen LogP contribution in [0, 0.1) is 12.8 Å². The van der Waals surface area contributed by atoms with Gasteiger partial charge in [-0.2, -0.15) is 0 Å². The maximum Gasteiger partial charge on any atom is 0.410 e. The van der Waals surface area contributed by atoms with E-state index >= 15 is 0 Å². The van der Waals surface area contributed by atoms with Crippen molar-refractivity contribution in [2.75, 3.05) is 18.5 Å². The highest BCUT2D eigenvalue weighted by atomic mass is 16.6. The second kappa shape index (κ2) is 8.67. The second-order valence-corrected chi connectivity index (χ2v) is 8.74. The highest BCUT2D eigenvalue weighted by molar-refractivity contribution is 5.74. The molecule has 0 spiro atoms. The molecular weight excluding hydrogens is 400 g/mol. The highest BCUT2D eigenvalue weighted by Crippen LogP contribution is 2.47. The minimum absolute atomic E-state index is 0.0349. The first-order valence-electron chi connectivity index (χ1n) is 11.2. The van der Waals surface area contributed by atoms with Gasteiger partial charge in [-0.15, -0.1) is 0 Å². The average molecular weight is 429 g/mol. The number of nitrogens with zero attached hydrogens (tertiary/aromatic N) is 1. The van der Waals surface area contributed by atoms with E-state index in [0.29, 0.717) is 6.54 Å². The summed E-state index contributed by atoms with van der Waals surface area (Å²) in [6, 6.07) is 24.3. The number of hydrogen-bond donors (Lipinski definition) is 2. The molecule has 5 rings (SSSR count). The molecule has 1 saturated heterocycles. The van der Waals surface area contributed by atoms with E-state index in [1.54, 1.807) is 0 Å². The van der Waals surface area contributed by atoms with Crippen LogP contribution in [0.4, 0.5) is 10.5 Å². The first-order chi connectivity index (χ1) is 15.6. The smallest absolute Gasteiger partial charge is 0.410 e. The van der Waals surface area contributed by atoms with Gasteiger partial charge in [0.1, 0.15) is 6.61 Å². The van der Waals surface area contributed by atoms with E-state index in [2.05, 4.69) is 54.7 Å². The molecule has 0 aromatic heterocycles. The molecule has 3 atom stereocenters. The van der Waals surface area contributed by atoms with E-state index in [1.807, 2.05) is 35.2 Å². The van der Waals surface area contributed by atoms with Gasteiger partial charge in [0.2, 0.25) is 0 Å². The average Bonchev–Trinajstić information content (AvgIpc) is 3.28.